The van der Waals surface area contributed by atoms with Crippen molar-refractivity contribution in [1.82, 2.24) is 14.7 Å². The molecule has 23 heavy (non-hydrogen) atoms. The lowest BCUT2D eigenvalue weighted by molar-refractivity contribution is 0.0606. The summed E-state index contributed by atoms with van der Waals surface area (Å²) < 4.78 is 6.17. The van der Waals surface area contributed by atoms with Gasteiger partial charge in [-0.3, -0.25) is 9.69 Å². The molecule has 0 aromatic carbocycles. The van der Waals surface area contributed by atoms with Crippen LogP contribution < -0.4 is 5.56 Å². The highest BCUT2D eigenvalue weighted by molar-refractivity contribution is 7.14. The number of nitrogens with zero attached hydrogens (tertiary/aromatic N) is 3. The van der Waals surface area contributed by atoms with Crippen LogP contribution in [0.15, 0.2) is 16.9 Å². The Kier molecular flexibility index (Phi) is 4.32. The number of carbonyl (C=O) groups excluding carboxylic acids is 1. The molecular weight excluding hydrogens is 314 g/mol. The van der Waals surface area contributed by atoms with E-state index >= 15 is 0 Å². The van der Waals surface area contributed by atoms with Crippen molar-refractivity contribution in [2.75, 3.05) is 13.7 Å². The fraction of sp³-hybridized carbons (Fsp3) is 0.438. The van der Waals surface area contributed by atoms with Crippen LogP contribution in [0.4, 0.5) is 0 Å². The molecule has 0 amide bonds. The monoisotopic (exact) mass is 333 g/mol. The van der Waals surface area contributed by atoms with Gasteiger partial charge in [0.15, 0.2) is 0 Å². The molecule has 2 aromatic rings. The minimum absolute atomic E-state index is 0.0784. The van der Waals surface area contributed by atoms with E-state index in [-0.39, 0.29) is 11.5 Å². The molecule has 6 nitrogen and oxygen atoms in total. The number of hydrogen-bond donors (Lipinski definition) is 0. The highest BCUT2D eigenvalue weighted by Crippen LogP contribution is 2.25. The highest BCUT2D eigenvalue weighted by atomic mass is 32.1. The van der Waals surface area contributed by atoms with Crippen molar-refractivity contribution in [3.05, 3.63) is 49.1 Å². The molecule has 0 saturated carbocycles. The van der Waals surface area contributed by atoms with Crippen molar-refractivity contribution in [2.45, 2.75) is 26.4 Å². The summed E-state index contributed by atoms with van der Waals surface area (Å²) in [7, 11) is 3.07. The molecule has 0 radical (unpaired) electrons. The first-order valence-electron chi connectivity index (χ1n) is 7.44. The van der Waals surface area contributed by atoms with Crippen LogP contribution in [0.2, 0.25) is 0 Å². The molecule has 0 bridgehead atoms. The van der Waals surface area contributed by atoms with Crippen molar-refractivity contribution >= 4 is 17.3 Å². The smallest absolute Gasteiger partial charge is 0.348 e. The van der Waals surface area contributed by atoms with Gasteiger partial charge in [0, 0.05) is 44.0 Å². The normalized spacial score (nSPS) is 14.6. The van der Waals surface area contributed by atoms with Crippen LogP contribution in [-0.4, -0.2) is 34.3 Å². The number of carbonyl (C=O) groups is 1. The van der Waals surface area contributed by atoms with Crippen LogP contribution in [0.5, 0.6) is 0 Å². The Balaban J connectivity index is 1.77. The van der Waals surface area contributed by atoms with E-state index in [1.165, 1.54) is 23.1 Å². The van der Waals surface area contributed by atoms with E-state index in [1.54, 1.807) is 13.1 Å². The zero-order valence-corrected chi connectivity index (χ0v) is 14.3. The molecule has 0 N–H and O–H groups in total. The number of aryl methyl sites for hydroxylation is 2. The fourth-order valence-electron chi connectivity index (χ4n) is 2.81. The quantitative estimate of drug-likeness (QED) is 0.797. The Morgan fingerprint density at radius 2 is 2.22 bits per heavy atom. The first-order chi connectivity index (χ1) is 11.0. The van der Waals surface area contributed by atoms with Gasteiger partial charge in [-0.2, -0.15) is 5.10 Å². The standard InChI is InChI=1S/C16H19N3O3S/c1-10-11(6-14(23-10)16(21)22-3)8-19-5-4-13-12(9-19)7-15(20)18(2)17-13/h6-7H,4-5,8-9H2,1-3H3. The Morgan fingerprint density at radius 3 is 2.96 bits per heavy atom. The maximum absolute atomic E-state index is 11.8. The molecule has 0 unspecified atom stereocenters. The van der Waals surface area contributed by atoms with Crippen LogP contribution in [0.1, 0.15) is 31.4 Å². The Morgan fingerprint density at radius 1 is 1.43 bits per heavy atom. The maximum Gasteiger partial charge on any atom is 0.348 e. The second-order valence-corrected chi connectivity index (χ2v) is 6.98. The van der Waals surface area contributed by atoms with Crippen LogP contribution in [0, 0.1) is 6.92 Å². The number of hydrogen-bond acceptors (Lipinski definition) is 6. The lowest BCUT2D eigenvalue weighted by atomic mass is 10.1. The SMILES string of the molecule is COC(=O)c1cc(CN2CCc3nn(C)c(=O)cc3C2)c(C)s1. The predicted molar refractivity (Wildman–Crippen MR) is 87.7 cm³/mol. The number of methoxy groups -OCH3 is 1. The van der Waals surface area contributed by atoms with Gasteiger partial charge in [-0.25, -0.2) is 9.48 Å². The Labute approximate surface area is 138 Å². The second-order valence-electron chi connectivity index (χ2n) is 5.72. The third-order valence-corrected chi connectivity index (χ3v) is 5.19. The van der Waals surface area contributed by atoms with Gasteiger partial charge in [-0.05, 0) is 24.1 Å². The molecule has 3 rings (SSSR count). The number of thiophene rings is 1. The molecule has 3 heterocycles. The maximum atomic E-state index is 11.8. The van der Waals surface area contributed by atoms with Gasteiger partial charge in [0.25, 0.3) is 5.56 Å². The van der Waals surface area contributed by atoms with Crippen molar-refractivity contribution < 1.29 is 9.53 Å². The van der Waals surface area contributed by atoms with Crippen molar-refractivity contribution in [1.29, 1.82) is 0 Å². The molecular formula is C16H19N3O3S. The lowest BCUT2D eigenvalue weighted by Gasteiger charge is -2.28. The Bertz CT molecular complexity index is 809. The summed E-state index contributed by atoms with van der Waals surface area (Å²) >= 11 is 1.46. The van der Waals surface area contributed by atoms with E-state index < -0.39 is 0 Å². The fourth-order valence-corrected chi connectivity index (χ4v) is 3.76. The van der Waals surface area contributed by atoms with Gasteiger partial charge in [0.2, 0.25) is 0 Å². The molecule has 2 aromatic heterocycles. The van der Waals surface area contributed by atoms with Crippen LogP contribution in [0.25, 0.3) is 0 Å². The summed E-state index contributed by atoms with van der Waals surface area (Å²) in [5, 5.41) is 4.33. The summed E-state index contributed by atoms with van der Waals surface area (Å²) in [4.78, 5) is 27.4. The van der Waals surface area contributed by atoms with Gasteiger partial charge in [-0.15, -0.1) is 11.3 Å². The van der Waals surface area contributed by atoms with Crippen LogP contribution in [0.3, 0.4) is 0 Å². The molecule has 0 fully saturated rings. The third-order valence-electron chi connectivity index (χ3n) is 4.12. The van der Waals surface area contributed by atoms with E-state index in [9.17, 15) is 9.59 Å². The number of aromatic nitrogens is 2. The van der Waals surface area contributed by atoms with Crippen molar-refractivity contribution in [2.24, 2.45) is 7.05 Å². The van der Waals surface area contributed by atoms with Crippen molar-refractivity contribution in [3.63, 3.8) is 0 Å². The van der Waals surface area contributed by atoms with Gasteiger partial charge >= 0.3 is 5.97 Å². The third kappa shape index (κ3) is 3.20. The summed E-state index contributed by atoms with van der Waals surface area (Å²) in [6, 6.07) is 3.58. The lowest BCUT2D eigenvalue weighted by Crippen LogP contribution is -2.34. The average molecular weight is 333 g/mol. The summed E-state index contributed by atoms with van der Waals surface area (Å²) in [6.45, 7) is 4.37. The summed E-state index contributed by atoms with van der Waals surface area (Å²) in [6.07, 6.45) is 0.830. The van der Waals surface area contributed by atoms with Gasteiger partial charge in [0.1, 0.15) is 4.88 Å². The largest absolute Gasteiger partial charge is 0.465 e. The van der Waals surface area contributed by atoms with E-state index in [0.717, 1.165) is 41.2 Å². The minimum atomic E-state index is -0.291. The molecule has 0 aliphatic carbocycles. The number of rotatable bonds is 3. The molecule has 0 spiro atoms. The van der Waals surface area contributed by atoms with Crippen LogP contribution >= 0.6 is 11.3 Å². The summed E-state index contributed by atoms with van der Waals surface area (Å²) in [5.41, 5.74) is 3.06. The molecule has 1 aliphatic rings. The first-order valence-corrected chi connectivity index (χ1v) is 8.25. The van der Waals surface area contributed by atoms with E-state index in [4.69, 9.17) is 4.74 Å². The van der Waals surface area contributed by atoms with Crippen molar-refractivity contribution in [3.8, 4) is 0 Å². The number of fused-ring (bicyclic) bond motifs is 1. The van der Waals surface area contributed by atoms with E-state index in [1.807, 2.05) is 13.0 Å². The average Bonchev–Trinajstić information content (AvgIpc) is 2.89. The number of esters is 1. The molecule has 0 atom stereocenters. The predicted octanol–water partition coefficient (Wildman–Crippen LogP) is 1.50. The zero-order chi connectivity index (χ0) is 16.6. The minimum Gasteiger partial charge on any atom is -0.465 e. The molecule has 122 valence electrons. The molecule has 0 saturated heterocycles. The van der Waals surface area contributed by atoms with Gasteiger partial charge < -0.3 is 4.74 Å². The van der Waals surface area contributed by atoms with Crippen LogP contribution in [-0.2, 0) is 31.3 Å². The first kappa shape index (κ1) is 15.9. The molecule has 1 aliphatic heterocycles. The Hall–Kier alpha value is -1.99. The molecule has 7 heteroatoms. The van der Waals surface area contributed by atoms with Gasteiger partial charge in [-0.1, -0.05) is 0 Å². The van der Waals surface area contributed by atoms with E-state index in [0.29, 0.717) is 11.4 Å². The zero-order valence-electron chi connectivity index (χ0n) is 13.5. The van der Waals surface area contributed by atoms with Gasteiger partial charge in [0.05, 0.1) is 12.8 Å². The second kappa shape index (κ2) is 6.25. The highest BCUT2D eigenvalue weighted by Gasteiger charge is 2.21. The number of ether oxygens (including phenoxy) is 1. The topological polar surface area (TPSA) is 64.4 Å². The summed E-state index contributed by atoms with van der Waals surface area (Å²) in [5.74, 6) is -0.291. The van der Waals surface area contributed by atoms with E-state index in [2.05, 4.69) is 10.00 Å².